The first-order valence-electron chi connectivity index (χ1n) is 8.14. The molecule has 0 aliphatic carbocycles. The molecule has 1 N–H and O–H groups in total. The van der Waals surface area contributed by atoms with E-state index in [1.807, 2.05) is 42.8 Å². The van der Waals surface area contributed by atoms with Gasteiger partial charge in [0.15, 0.2) is 0 Å². The van der Waals surface area contributed by atoms with Gasteiger partial charge in [-0.05, 0) is 61.9 Å². The number of hydrogen-bond acceptors (Lipinski definition) is 4. The van der Waals surface area contributed by atoms with Crippen LogP contribution in [0.3, 0.4) is 0 Å². The van der Waals surface area contributed by atoms with Crippen molar-refractivity contribution in [2.75, 3.05) is 11.8 Å². The van der Waals surface area contributed by atoms with E-state index in [2.05, 4.69) is 9.82 Å². The highest BCUT2D eigenvalue weighted by atomic mass is 32.2. The highest BCUT2D eigenvalue weighted by Gasteiger charge is 2.14. The lowest BCUT2D eigenvalue weighted by molar-refractivity contribution is 0.414. The molecule has 0 spiro atoms. The second-order valence-electron chi connectivity index (χ2n) is 6.07. The number of methoxy groups -OCH3 is 1. The van der Waals surface area contributed by atoms with Gasteiger partial charge in [0.05, 0.1) is 24.2 Å². The van der Waals surface area contributed by atoms with E-state index in [-0.39, 0.29) is 4.90 Å². The second kappa shape index (κ2) is 7.21. The fourth-order valence-corrected chi connectivity index (χ4v) is 3.76. The van der Waals surface area contributed by atoms with Crippen molar-refractivity contribution in [3.8, 4) is 5.75 Å². The number of sulfonamides is 1. The maximum absolute atomic E-state index is 12.6. The summed E-state index contributed by atoms with van der Waals surface area (Å²) >= 11 is 0. The van der Waals surface area contributed by atoms with Crippen LogP contribution in [0, 0.1) is 13.8 Å². The molecule has 0 bridgehead atoms. The fourth-order valence-electron chi connectivity index (χ4n) is 2.71. The summed E-state index contributed by atoms with van der Waals surface area (Å²) in [6, 6.07) is 15.6. The smallest absolute Gasteiger partial charge is 0.261 e. The molecule has 0 saturated heterocycles. The van der Waals surface area contributed by atoms with Crippen LogP contribution >= 0.6 is 0 Å². The molecule has 0 saturated carbocycles. The Kier molecular flexibility index (Phi) is 4.99. The number of ether oxygens (including phenoxy) is 1. The Bertz CT molecular complexity index is 1010. The van der Waals surface area contributed by atoms with Gasteiger partial charge in [0, 0.05) is 11.4 Å². The molecule has 2 aromatic carbocycles. The Morgan fingerprint density at radius 3 is 2.42 bits per heavy atom. The van der Waals surface area contributed by atoms with Crippen LogP contribution in [0.5, 0.6) is 5.75 Å². The van der Waals surface area contributed by atoms with Gasteiger partial charge >= 0.3 is 0 Å². The third kappa shape index (κ3) is 4.05. The molecule has 0 aliphatic heterocycles. The van der Waals surface area contributed by atoms with Crippen molar-refractivity contribution in [3.63, 3.8) is 0 Å². The van der Waals surface area contributed by atoms with Crippen LogP contribution < -0.4 is 9.46 Å². The molecule has 0 amide bonds. The fraction of sp³-hybridized carbons (Fsp3) is 0.211. The maximum atomic E-state index is 12.6. The standard InChI is InChI=1S/C19H21N3O3S/c1-14-11-15(2)22(20-14)13-16-5-4-6-17(12-16)21-26(23,24)19-9-7-18(25-3)8-10-19/h4-12,21H,13H2,1-3H3. The van der Waals surface area contributed by atoms with Crippen LogP contribution in [-0.2, 0) is 16.6 Å². The van der Waals surface area contributed by atoms with Crippen molar-refractivity contribution in [2.45, 2.75) is 25.3 Å². The zero-order valence-electron chi connectivity index (χ0n) is 14.9. The molecule has 6 nitrogen and oxygen atoms in total. The summed E-state index contributed by atoms with van der Waals surface area (Å²) in [4.78, 5) is 0.183. The number of rotatable bonds is 6. The molecule has 136 valence electrons. The lowest BCUT2D eigenvalue weighted by Gasteiger charge is -2.11. The second-order valence-corrected chi connectivity index (χ2v) is 7.75. The van der Waals surface area contributed by atoms with Crippen LogP contribution in [0.2, 0.25) is 0 Å². The third-order valence-corrected chi connectivity index (χ3v) is 5.38. The number of nitrogens with one attached hydrogen (secondary N) is 1. The number of nitrogens with zero attached hydrogens (tertiary/aromatic N) is 2. The largest absolute Gasteiger partial charge is 0.497 e. The average molecular weight is 371 g/mol. The minimum absolute atomic E-state index is 0.183. The normalized spacial score (nSPS) is 11.3. The van der Waals surface area contributed by atoms with E-state index < -0.39 is 10.0 Å². The van der Waals surface area contributed by atoms with Crippen LogP contribution in [0.4, 0.5) is 5.69 Å². The highest BCUT2D eigenvalue weighted by Crippen LogP contribution is 2.20. The minimum atomic E-state index is -3.66. The number of aryl methyl sites for hydroxylation is 2. The van der Waals surface area contributed by atoms with Crippen LogP contribution in [0.25, 0.3) is 0 Å². The van der Waals surface area contributed by atoms with Gasteiger partial charge in [-0.15, -0.1) is 0 Å². The van der Waals surface area contributed by atoms with E-state index in [4.69, 9.17) is 4.74 Å². The Labute approximate surface area is 153 Å². The van der Waals surface area contributed by atoms with Gasteiger partial charge in [-0.1, -0.05) is 12.1 Å². The number of benzene rings is 2. The van der Waals surface area contributed by atoms with E-state index in [1.165, 1.54) is 19.2 Å². The van der Waals surface area contributed by atoms with Crippen molar-refractivity contribution in [1.29, 1.82) is 0 Å². The topological polar surface area (TPSA) is 73.2 Å². The Morgan fingerprint density at radius 2 is 1.81 bits per heavy atom. The minimum Gasteiger partial charge on any atom is -0.497 e. The molecule has 0 unspecified atom stereocenters. The van der Waals surface area contributed by atoms with Crippen LogP contribution in [0.15, 0.2) is 59.5 Å². The van der Waals surface area contributed by atoms with Crippen molar-refractivity contribution in [1.82, 2.24) is 9.78 Å². The molecule has 1 heterocycles. The van der Waals surface area contributed by atoms with Crippen LogP contribution in [0.1, 0.15) is 17.0 Å². The highest BCUT2D eigenvalue weighted by molar-refractivity contribution is 7.92. The first kappa shape index (κ1) is 18.0. The van der Waals surface area contributed by atoms with E-state index in [9.17, 15) is 8.42 Å². The molecule has 0 radical (unpaired) electrons. The molecule has 0 atom stereocenters. The van der Waals surface area contributed by atoms with Crippen molar-refractivity contribution in [3.05, 3.63) is 71.5 Å². The van der Waals surface area contributed by atoms with Crippen molar-refractivity contribution < 1.29 is 13.2 Å². The van der Waals surface area contributed by atoms with Crippen molar-refractivity contribution in [2.24, 2.45) is 0 Å². The number of hydrogen-bond donors (Lipinski definition) is 1. The van der Waals surface area contributed by atoms with Crippen molar-refractivity contribution >= 4 is 15.7 Å². The molecule has 0 aliphatic rings. The zero-order chi connectivity index (χ0) is 18.7. The Hall–Kier alpha value is -2.80. The molecule has 7 heteroatoms. The lowest BCUT2D eigenvalue weighted by atomic mass is 10.2. The summed E-state index contributed by atoms with van der Waals surface area (Å²) in [7, 11) is -2.12. The van der Waals surface area contributed by atoms with Gasteiger partial charge in [-0.3, -0.25) is 9.40 Å². The first-order chi connectivity index (χ1) is 12.4. The van der Waals surface area contributed by atoms with E-state index >= 15 is 0 Å². The molecule has 3 rings (SSSR count). The molecule has 1 aromatic heterocycles. The summed E-state index contributed by atoms with van der Waals surface area (Å²) in [6.45, 7) is 4.52. The van der Waals surface area contributed by atoms with Gasteiger partial charge in [-0.2, -0.15) is 5.10 Å². The average Bonchev–Trinajstić information content (AvgIpc) is 2.92. The van der Waals surface area contributed by atoms with Gasteiger partial charge in [0.1, 0.15) is 5.75 Å². The van der Waals surface area contributed by atoms with Gasteiger partial charge < -0.3 is 4.74 Å². The predicted molar refractivity (Wildman–Crippen MR) is 101 cm³/mol. The maximum Gasteiger partial charge on any atom is 0.261 e. The first-order valence-corrected chi connectivity index (χ1v) is 9.62. The SMILES string of the molecule is COc1ccc(S(=O)(=O)Nc2cccc(Cn3nc(C)cc3C)c2)cc1. The summed E-state index contributed by atoms with van der Waals surface area (Å²) in [5.41, 5.74) is 3.50. The third-order valence-electron chi connectivity index (χ3n) is 3.98. The number of anilines is 1. The summed E-state index contributed by atoms with van der Waals surface area (Å²) in [5, 5.41) is 4.44. The van der Waals surface area contributed by atoms with E-state index in [1.54, 1.807) is 18.2 Å². The molecular formula is C19H21N3O3S. The summed E-state index contributed by atoms with van der Waals surface area (Å²) in [5.74, 6) is 0.607. The quantitative estimate of drug-likeness (QED) is 0.721. The molecular weight excluding hydrogens is 350 g/mol. The molecule has 0 fully saturated rings. The summed E-state index contributed by atoms with van der Waals surface area (Å²) in [6.07, 6.45) is 0. The van der Waals surface area contributed by atoms with E-state index in [0.717, 1.165) is 17.0 Å². The predicted octanol–water partition coefficient (Wildman–Crippen LogP) is 3.36. The molecule has 3 aromatic rings. The van der Waals surface area contributed by atoms with Gasteiger partial charge in [0.2, 0.25) is 0 Å². The number of aromatic nitrogens is 2. The van der Waals surface area contributed by atoms with Gasteiger partial charge in [-0.25, -0.2) is 8.42 Å². The Morgan fingerprint density at radius 1 is 1.08 bits per heavy atom. The van der Waals surface area contributed by atoms with Gasteiger partial charge in [0.25, 0.3) is 10.0 Å². The monoisotopic (exact) mass is 371 g/mol. The Balaban J connectivity index is 1.80. The van der Waals surface area contributed by atoms with E-state index in [0.29, 0.717) is 18.0 Å². The summed E-state index contributed by atoms with van der Waals surface area (Å²) < 4.78 is 34.7. The lowest BCUT2D eigenvalue weighted by Crippen LogP contribution is -2.13. The van der Waals surface area contributed by atoms with Crippen LogP contribution in [-0.4, -0.2) is 25.3 Å². The molecule has 26 heavy (non-hydrogen) atoms. The zero-order valence-corrected chi connectivity index (χ0v) is 15.7.